The van der Waals surface area contributed by atoms with Crippen LogP contribution in [0.15, 0.2) is 5.03 Å². The van der Waals surface area contributed by atoms with Gasteiger partial charge >= 0.3 is 5.69 Å². The summed E-state index contributed by atoms with van der Waals surface area (Å²) in [6.45, 7) is 1.77. The van der Waals surface area contributed by atoms with Gasteiger partial charge in [-0.25, -0.2) is 16.8 Å². The Morgan fingerprint density at radius 3 is 2.29 bits per heavy atom. The average molecular weight is 360 g/mol. The summed E-state index contributed by atoms with van der Waals surface area (Å²) in [5.41, 5.74) is -0.552. The molecule has 0 saturated heterocycles. The van der Waals surface area contributed by atoms with E-state index < -0.39 is 46.0 Å². The van der Waals surface area contributed by atoms with Crippen LogP contribution >= 0.6 is 10.7 Å². The zero-order chi connectivity index (χ0) is 16.4. The van der Waals surface area contributed by atoms with E-state index in [0.29, 0.717) is 6.42 Å². The van der Waals surface area contributed by atoms with E-state index in [-0.39, 0.29) is 12.1 Å². The van der Waals surface area contributed by atoms with Gasteiger partial charge in [-0.05, 0) is 6.42 Å². The van der Waals surface area contributed by atoms with Gasteiger partial charge in [0.25, 0.3) is 0 Å². The highest BCUT2D eigenvalue weighted by atomic mass is 35.7. The van der Waals surface area contributed by atoms with E-state index in [1.54, 1.807) is 6.92 Å². The lowest BCUT2D eigenvalue weighted by molar-refractivity contribution is -0.388. The van der Waals surface area contributed by atoms with Gasteiger partial charge in [0.15, 0.2) is 0 Å². The van der Waals surface area contributed by atoms with Crippen LogP contribution in [-0.4, -0.2) is 43.0 Å². The highest BCUT2D eigenvalue weighted by Crippen LogP contribution is 2.29. The van der Waals surface area contributed by atoms with Crippen molar-refractivity contribution in [3.63, 3.8) is 0 Å². The summed E-state index contributed by atoms with van der Waals surface area (Å²) in [6.07, 6.45) is 0.793. The van der Waals surface area contributed by atoms with E-state index in [0.717, 1.165) is 4.68 Å². The number of rotatable bonds is 7. The highest BCUT2D eigenvalue weighted by Gasteiger charge is 2.35. The molecule has 0 saturated carbocycles. The van der Waals surface area contributed by atoms with E-state index in [9.17, 15) is 26.9 Å². The first-order valence-electron chi connectivity index (χ1n) is 5.85. The second-order valence-electron chi connectivity index (χ2n) is 4.29. The number of aryl methyl sites for hydroxylation is 2. The molecule has 0 radical (unpaired) electrons. The summed E-state index contributed by atoms with van der Waals surface area (Å²) < 4.78 is 46.9. The quantitative estimate of drug-likeness (QED) is 0.396. The third-order valence-corrected chi connectivity index (χ3v) is 5.80. The van der Waals surface area contributed by atoms with Crippen molar-refractivity contribution >= 4 is 35.3 Å². The molecule has 9 nitrogen and oxygen atoms in total. The zero-order valence-electron chi connectivity index (χ0n) is 11.3. The molecule has 0 spiro atoms. The van der Waals surface area contributed by atoms with Crippen LogP contribution in [0.2, 0.25) is 0 Å². The maximum Gasteiger partial charge on any atom is 0.329 e. The van der Waals surface area contributed by atoms with Gasteiger partial charge in [-0.15, -0.1) is 0 Å². The van der Waals surface area contributed by atoms with Gasteiger partial charge in [-0.2, -0.15) is 5.10 Å². The molecule has 0 amide bonds. The second-order valence-corrected chi connectivity index (χ2v) is 9.21. The molecule has 0 aliphatic heterocycles. The van der Waals surface area contributed by atoms with E-state index in [4.69, 9.17) is 10.7 Å². The molecule has 0 aliphatic rings. The molecular formula is C9H14ClN3O6S2. The molecule has 1 heterocycles. The van der Waals surface area contributed by atoms with Gasteiger partial charge in [0, 0.05) is 17.7 Å². The lowest BCUT2D eigenvalue weighted by Gasteiger charge is -2.03. The van der Waals surface area contributed by atoms with E-state index in [2.05, 4.69) is 5.10 Å². The average Bonchev–Trinajstić information content (AvgIpc) is 2.64. The maximum atomic E-state index is 12.2. The van der Waals surface area contributed by atoms with Gasteiger partial charge in [0.1, 0.15) is 5.69 Å². The minimum Gasteiger partial charge on any atom is -0.258 e. The molecule has 0 aromatic carbocycles. The van der Waals surface area contributed by atoms with Gasteiger partial charge in [0.05, 0.1) is 16.4 Å². The topological polar surface area (TPSA) is 129 Å². The van der Waals surface area contributed by atoms with Gasteiger partial charge in [0.2, 0.25) is 23.9 Å². The minimum atomic E-state index is -4.20. The Morgan fingerprint density at radius 2 is 1.86 bits per heavy atom. The predicted molar refractivity (Wildman–Crippen MR) is 75.6 cm³/mol. The van der Waals surface area contributed by atoms with Crippen LogP contribution in [-0.2, 0) is 32.4 Å². The summed E-state index contributed by atoms with van der Waals surface area (Å²) in [6, 6.07) is 0. The van der Waals surface area contributed by atoms with Crippen molar-refractivity contribution in [2.24, 2.45) is 7.05 Å². The van der Waals surface area contributed by atoms with Crippen LogP contribution in [0.4, 0.5) is 5.69 Å². The number of nitro groups is 1. The monoisotopic (exact) mass is 359 g/mol. The predicted octanol–water partition coefficient (Wildman–Crippen LogP) is 0.623. The first-order chi connectivity index (χ1) is 9.49. The van der Waals surface area contributed by atoms with Crippen LogP contribution in [0.5, 0.6) is 0 Å². The molecule has 1 aromatic rings. The van der Waals surface area contributed by atoms with Crippen molar-refractivity contribution in [2.75, 3.05) is 11.5 Å². The molecule has 0 atom stereocenters. The Morgan fingerprint density at radius 1 is 1.29 bits per heavy atom. The van der Waals surface area contributed by atoms with Crippen molar-refractivity contribution in [1.29, 1.82) is 0 Å². The number of hydrogen-bond donors (Lipinski definition) is 0. The van der Waals surface area contributed by atoms with Crippen LogP contribution in [0.3, 0.4) is 0 Å². The number of sulfone groups is 1. The van der Waals surface area contributed by atoms with Gasteiger partial charge in [-0.3, -0.25) is 14.8 Å². The molecule has 0 fully saturated rings. The number of aromatic nitrogens is 2. The lowest BCUT2D eigenvalue weighted by Crippen LogP contribution is -2.18. The number of hydrogen-bond acceptors (Lipinski definition) is 7. The Kier molecular flexibility index (Phi) is 5.34. The van der Waals surface area contributed by atoms with Crippen LogP contribution in [0.25, 0.3) is 0 Å². The largest absolute Gasteiger partial charge is 0.329 e. The summed E-state index contributed by atoms with van der Waals surface area (Å²) >= 11 is 0. The molecule has 1 rings (SSSR count). The van der Waals surface area contributed by atoms with Crippen molar-refractivity contribution in [2.45, 2.75) is 24.8 Å². The molecule has 0 N–H and O–H groups in total. The molecule has 1 aromatic heterocycles. The fraction of sp³-hybridized carbons (Fsp3) is 0.667. The Hall–Kier alpha value is -1.20. The Bertz CT molecular complexity index is 753. The first kappa shape index (κ1) is 17.9. The Labute approximate surface area is 126 Å². The smallest absolute Gasteiger partial charge is 0.258 e. The lowest BCUT2D eigenvalue weighted by atomic mass is 10.2. The highest BCUT2D eigenvalue weighted by molar-refractivity contribution is 8.14. The summed E-state index contributed by atoms with van der Waals surface area (Å²) in [5.74, 6) is -1.67. The Balaban J connectivity index is 3.38. The summed E-state index contributed by atoms with van der Waals surface area (Å²) in [5, 5.41) is 14.4. The number of nitrogens with zero attached hydrogens (tertiary/aromatic N) is 3. The van der Waals surface area contributed by atoms with Crippen LogP contribution < -0.4 is 0 Å². The van der Waals surface area contributed by atoms with E-state index in [1.807, 2.05) is 0 Å². The third kappa shape index (κ3) is 4.38. The van der Waals surface area contributed by atoms with E-state index >= 15 is 0 Å². The minimum absolute atomic E-state index is 0.0531. The maximum absolute atomic E-state index is 12.2. The molecular weight excluding hydrogens is 346 g/mol. The van der Waals surface area contributed by atoms with Gasteiger partial charge in [-0.1, -0.05) is 13.3 Å². The second kappa shape index (κ2) is 6.28. The number of halogens is 1. The molecule has 0 aliphatic carbocycles. The molecule has 21 heavy (non-hydrogen) atoms. The first-order valence-corrected chi connectivity index (χ1v) is 9.98. The third-order valence-electron chi connectivity index (χ3n) is 2.60. The summed E-state index contributed by atoms with van der Waals surface area (Å²) in [7, 11) is -1.99. The van der Waals surface area contributed by atoms with E-state index in [1.165, 1.54) is 7.05 Å². The molecule has 120 valence electrons. The van der Waals surface area contributed by atoms with Crippen molar-refractivity contribution < 1.29 is 21.8 Å². The van der Waals surface area contributed by atoms with Gasteiger partial charge < -0.3 is 0 Å². The molecule has 0 unspecified atom stereocenters. The SMILES string of the molecule is CCCc1nn(C)c(S(=O)(=O)CCS(=O)(=O)Cl)c1[N+](=O)[O-]. The standard InChI is InChI=1S/C9H14ClN3O6S2/c1-3-4-7-8(13(14)15)9(12(2)11-7)20(16,17)5-6-21(10,18)19/h3-6H2,1-2H3. The van der Waals surface area contributed by atoms with Crippen LogP contribution in [0.1, 0.15) is 19.0 Å². The fourth-order valence-electron chi connectivity index (χ4n) is 1.79. The van der Waals surface area contributed by atoms with Crippen molar-refractivity contribution in [3.8, 4) is 0 Å². The van der Waals surface area contributed by atoms with Crippen molar-refractivity contribution in [3.05, 3.63) is 15.8 Å². The molecule has 12 heteroatoms. The fourth-order valence-corrected chi connectivity index (χ4v) is 5.16. The molecule has 0 bridgehead atoms. The summed E-state index contributed by atoms with van der Waals surface area (Å²) in [4.78, 5) is 10.3. The normalized spacial score (nSPS) is 12.5. The van der Waals surface area contributed by atoms with Crippen LogP contribution in [0, 0.1) is 10.1 Å². The van der Waals surface area contributed by atoms with Crippen molar-refractivity contribution in [1.82, 2.24) is 9.78 Å². The zero-order valence-corrected chi connectivity index (χ0v) is 13.7.